The molecule has 2 fully saturated rings. The van der Waals surface area contributed by atoms with E-state index in [2.05, 4.69) is 32.4 Å². The standard InChI is InChI=1S/C21H15ClFN5O/c22-14-2-1-3-16(18(14)23)28-19-12-7-15(24)11(6-17(12)26-10-27-19)4-5-21-8-13(21)20(29)25-9-21/h1-3,6-7,10,13H,8-9,24H2,(H,25,29)(H,26,27,28). The second-order valence-corrected chi connectivity index (χ2v) is 7.69. The number of carbonyl (C=O) groups is 1. The van der Waals surface area contributed by atoms with Gasteiger partial charge in [0.25, 0.3) is 0 Å². The van der Waals surface area contributed by atoms with Crippen molar-refractivity contribution in [2.24, 2.45) is 11.3 Å². The van der Waals surface area contributed by atoms with E-state index in [4.69, 9.17) is 17.3 Å². The zero-order valence-electron chi connectivity index (χ0n) is 15.1. The summed E-state index contributed by atoms with van der Waals surface area (Å²) in [6.07, 6.45) is 2.18. The molecule has 0 bridgehead atoms. The third-order valence-electron chi connectivity index (χ3n) is 5.43. The smallest absolute Gasteiger partial charge is 0.224 e. The predicted molar refractivity (Wildman–Crippen MR) is 109 cm³/mol. The molecular weight excluding hydrogens is 393 g/mol. The molecular formula is C21H15ClFN5O. The van der Waals surface area contributed by atoms with Crippen molar-refractivity contribution in [3.05, 3.63) is 53.1 Å². The first-order chi connectivity index (χ1) is 14.0. The van der Waals surface area contributed by atoms with Gasteiger partial charge in [0.2, 0.25) is 5.91 Å². The Morgan fingerprint density at radius 2 is 2.21 bits per heavy atom. The van der Waals surface area contributed by atoms with Crippen LogP contribution >= 0.6 is 11.6 Å². The van der Waals surface area contributed by atoms with Crippen LogP contribution in [-0.4, -0.2) is 22.4 Å². The van der Waals surface area contributed by atoms with Crippen molar-refractivity contribution in [3.63, 3.8) is 0 Å². The molecule has 6 nitrogen and oxygen atoms in total. The highest BCUT2D eigenvalue weighted by atomic mass is 35.5. The van der Waals surface area contributed by atoms with Gasteiger partial charge in [-0.15, -0.1) is 0 Å². The molecule has 0 spiro atoms. The summed E-state index contributed by atoms with van der Waals surface area (Å²) in [6.45, 7) is 0.582. The number of hydrogen-bond acceptors (Lipinski definition) is 5. The minimum absolute atomic E-state index is 0.0117. The van der Waals surface area contributed by atoms with Crippen molar-refractivity contribution >= 4 is 45.6 Å². The summed E-state index contributed by atoms with van der Waals surface area (Å²) in [5.74, 6) is 6.24. The first-order valence-electron chi connectivity index (χ1n) is 9.03. The summed E-state index contributed by atoms with van der Waals surface area (Å²) in [5, 5.41) is 6.44. The Morgan fingerprint density at radius 3 is 2.97 bits per heavy atom. The second-order valence-electron chi connectivity index (χ2n) is 7.29. The van der Waals surface area contributed by atoms with Crippen molar-refractivity contribution in [2.75, 3.05) is 17.6 Å². The summed E-state index contributed by atoms with van der Waals surface area (Å²) in [5.41, 5.74) is 7.86. The second kappa shape index (κ2) is 6.33. The van der Waals surface area contributed by atoms with Crippen LogP contribution in [0.15, 0.2) is 36.7 Å². The van der Waals surface area contributed by atoms with Gasteiger partial charge in [-0.1, -0.05) is 29.5 Å². The number of nitrogens with two attached hydrogens (primary N) is 1. The topological polar surface area (TPSA) is 92.9 Å². The van der Waals surface area contributed by atoms with Gasteiger partial charge in [0.05, 0.1) is 27.6 Å². The molecule has 4 N–H and O–H groups in total. The fourth-order valence-corrected chi connectivity index (χ4v) is 3.82. The normalized spacial score (nSPS) is 21.9. The Labute approximate surface area is 170 Å². The Hall–Kier alpha value is -3.37. The van der Waals surface area contributed by atoms with E-state index in [1.54, 1.807) is 24.3 Å². The van der Waals surface area contributed by atoms with Gasteiger partial charge in [0, 0.05) is 23.2 Å². The van der Waals surface area contributed by atoms with Gasteiger partial charge < -0.3 is 16.4 Å². The van der Waals surface area contributed by atoms with Gasteiger partial charge in [-0.25, -0.2) is 14.4 Å². The molecule has 1 aliphatic carbocycles. The molecule has 3 aromatic rings. The van der Waals surface area contributed by atoms with Crippen LogP contribution in [0.2, 0.25) is 5.02 Å². The van der Waals surface area contributed by atoms with Gasteiger partial charge in [-0.05, 0) is 30.7 Å². The Kier molecular flexibility index (Phi) is 3.86. The maximum Gasteiger partial charge on any atom is 0.224 e. The van der Waals surface area contributed by atoms with E-state index >= 15 is 0 Å². The number of nitrogen functional groups attached to an aromatic ring is 1. The van der Waals surface area contributed by atoms with E-state index in [0.717, 1.165) is 6.42 Å². The lowest BCUT2D eigenvalue weighted by atomic mass is 10.0. The highest BCUT2D eigenvalue weighted by Gasteiger charge is 2.61. The summed E-state index contributed by atoms with van der Waals surface area (Å²) < 4.78 is 14.2. The van der Waals surface area contributed by atoms with Crippen LogP contribution in [-0.2, 0) is 4.79 Å². The van der Waals surface area contributed by atoms with Crippen LogP contribution < -0.4 is 16.4 Å². The zero-order valence-corrected chi connectivity index (χ0v) is 15.8. The molecule has 8 heteroatoms. The fourth-order valence-electron chi connectivity index (χ4n) is 3.64. The number of anilines is 3. The van der Waals surface area contributed by atoms with Crippen LogP contribution in [0.3, 0.4) is 0 Å². The third kappa shape index (κ3) is 2.93. The number of nitrogens with one attached hydrogen (secondary N) is 2. The molecule has 29 heavy (non-hydrogen) atoms. The van der Waals surface area contributed by atoms with E-state index in [9.17, 15) is 9.18 Å². The van der Waals surface area contributed by atoms with E-state index < -0.39 is 5.82 Å². The van der Waals surface area contributed by atoms with Crippen molar-refractivity contribution in [1.82, 2.24) is 15.3 Å². The first-order valence-corrected chi connectivity index (χ1v) is 9.41. The summed E-state index contributed by atoms with van der Waals surface area (Å²) in [6, 6.07) is 8.18. The van der Waals surface area contributed by atoms with E-state index in [-0.39, 0.29) is 28.0 Å². The predicted octanol–water partition coefficient (Wildman–Crippen LogP) is 3.24. The average molecular weight is 408 g/mol. The molecule has 1 saturated carbocycles. The van der Waals surface area contributed by atoms with Crippen LogP contribution in [0.25, 0.3) is 10.9 Å². The maximum absolute atomic E-state index is 14.2. The van der Waals surface area contributed by atoms with Gasteiger partial charge >= 0.3 is 0 Å². The molecule has 2 unspecified atom stereocenters. The minimum atomic E-state index is -0.561. The lowest BCUT2D eigenvalue weighted by Crippen LogP contribution is -2.20. The molecule has 2 atom stereocenters. The van der Waals surface area contributed by atoms with E-state index in [0.29, 0.717) is 34.5 Å². The SMILES string of the molecule is Nc1cc2c(Nc3cccc(Cl)c3F)ncnc2cc1C#CC12CNC(=O)C1C2. The lowest BCUT2D eigenvalue weighted by Gasteiger charge is -2.11. The maximum atomic E-state index is 14.2. The minimum Gasteiger partial charge on any atom is -0.398 e. The van der Waals surface area contributed by atoms with E-state index in [1.807, 2.05) is 0 Å². The number of piperidine rings is 1. The van der Waals surface area contributed by atoms with Crippen LogP contribution in [0.5, 0.6) is 0 Å². The lowest BCUT2D eigenvalue weighted by molar-refractivity contribution is -0.120. The molecule has 1 aliphatic heterocycles. The van der Waals surface area contributed by atoms with Crippen molar-refractivity contribution in [2.45, 2.75) is 6.42 Å². The molecule has 2 heterocycles. The largest absolute Gasteiger partial charge is 0.398 e. The molecule has 1 saturated heterocycles. The number of aromatic nitrogens is 2. The highest BCUT2D eigenvalue weighted by Crippen LogP contribution is 2.55. The quantitative estimate of drug-likeness (QED) is 0.448. The van der Waals surface area contributed by atoms with Crippen LogP contribution in [0, 0.1) is 29.0 Å². The molecule has 144 valence electrons. The number of fused-ring (bicyclic) bond motifs is 2. The summed E-state index contributed by atoms with van der Waals surface area (Å²) in [7, 11) is 0. The van der Waals surface area contributed by atoms with Gasteiger partial charge in [0.1, 0.15) is 12.1 Å². The number of benzene rings is 2. The van der Waals surface area contributed by atoms with Gasteiger partial charge in [-0.3, -0.25) is 4.79 Å². The molecule has 5 rings (SSSR count). The van der Waals surface area contributed by atoms with Crippen LogP contribution in [0.4, 0.5) is 21.6 Å². The Balaban J connectivity index is 1.51. The monoisotopic (exact) mass is 407 g/mol. The zero-order chi connectivity index (χ0) is 20.2. The van der Waals surface area contributed by atoms with E-state index in [1.165, 1.54) is 12.4 Å². The summed E-state index contributed by atoms with van der Waals surface area (Å²) in [4.78, 5) is 20.1. The van der Waals surface area contributed by atoms with Crippen molar-refractivity contribution < 1.29 is 9.18 Å². The Bertz CT molecular complexity index is 1250. The molecule has 2 aliphatic rings. The number of halogens is 2. The summed E-state index contributed by atoms with van der Waals surface area (Å²) >= 11 is 5.85. The highest BCUT2D eigenvalue weighted by molar-refractivity contribution is 6.31. The third-order valence-corrected chi connectivity index (χ3v) is 5.72. The van der Waals surface area contributed by atoms with Crippen molar-refractivity contribution in [1.29, 1.82) is 0 Å². The number of hydrogen-bond donors (Lipinski definition) is 3. The van der Waals surface area contributed by atoms with Gasteiger partial charge in [-0.2, -0.15) is 0 Å². The van der Waals surface area contributed by atoms with Crippen molar-refractivity contribution in [3.8, 4) is 11.8 Å². The Morgan fingerprint density at radius 1 is 1.34 bits per heavy atom. The van der Waals surface area contributed by atoms with Crippen LogP contribution in [0.1, 0.15) is 12.0 Å². The number of amides is 1. The number of rotatable bonds is 2. The molecule has 1 amide bonds. The average Bonchev–Trinajstić information content (AvgIpc) is 3.35. The number of carbonyl (C=O) groups excluding carboxylic acids is 1. The molecule has 1 aromatic heterocycles. The molecule has 2 aromatic carbocycles. The fraction of sp³-hybridized carbons (Fsp3) is 0.190. The molecule has 0 radical (unpaired) electrons. The number of nitrogens with zero attached hydrogens (tertiary/aromatic N) is 2. The first kappa shape index (κ1) is 17.7. The van der Waals surface area contributed by atoms with Gasteiger partial charge in [0.15, 0.2) is 5.82 Å².